The fourth-order valence-electron chi connectivity index (χ4n) is 6.85. The summed E-state index contributed by atoms with van der Waals surface area (Å²) < 4.78 is 12.8. The summed E-state index contributed by atoms with van der Waals surface area (Å²) >= 11 is 0. The molecule has 0 saturated carbocycles. The molecule has 57 heavy (non-hydrogen) atoms. The predicted molar refractivity (Wildman–Crippen MR) is 221 cm³/mol. The van der Waals surface area contributed by atoms with Gasteiger partial charge in [0.2, 0.25) is 11.8 Å². The first kappa shape index (κ1) is 41.9. The van der Waals surface area contributed by atoms with Crippen molar-refractivity contribution in [3.63, 3.8) is 0 Å². The van der Waals surface area contributed by atoms with Crippen molar-refractivity contribution >= 4 is 29.6 Å². The summed E-state index contributed by atoms with van der Waals surface area (Å²) in [6.45, 7) is 12.3. The van der Waals surface area contributed by atoms with Crippen LogP contribution in [0.2, 0.25) is 0 Å². The van der Waals surface area contributed by atoms with E-state index < -0.39 is 53.1 Å². The van der Waals surface area contributed by atoms with Crippen molar-refractivity contribution < 1.29 is 28.7 Å². The molecule has 0 aliphatic rings. The van der Waals surface area contributed by atoms with Gasteiger partial charge in [0.25, 0.3) is 0 Å². The average molecular weight is 772 g/mol. The molecule has 0 bridgehead atoms. The van der Waals surface area contributed by atoms with Crippen LogP contribution >= 0.6 is 0 Å². The quantitative estimate of drug-likeness (QED) is 0.0902. The summed E-state index contributed by atoms with van der Waals surface area (Å²) in [5.74, 6) is -2.17. The molecule has 0 aliphatic carbocycles. The Morgan fingerprint density at radius 1 is 0.737 bits per heavy atom. The third-order valence-corrected chi connectivity index (χ3v) is 9.73. The Labute approximate surface area is 335 Å². The van der Waals surface area contributed by atoms with Crippen molar-refractivity contribution in [2.75, 3.05) is 12.0 Å². The van der Waals surface area contributed by atoms with E-state index in [9.17, 15) is 19.2 Å². The van der Waals surface area contributed by atoms with E-state index in [1.54, 1.807) is 60.0 Å². The average Bonchev–Trinajstić information content (AvgIpc) is 3.66. The van der Waals surface area contributed by atoms with Crippen LogP contribution in [0.25, 0.3) is 0 Å². The highest BCUT2D eigenvalue weighted by atomic mass is 16.6. The monoisotopic (exact) mass is 771 g/mol. The van der Waals surface area contributed by atoms with Gasteiger partial charge in [-0.2, -0.15) is 0 Å². The van der Waals surface area contributed by atoms with Gasteiger partial charge in [-0.05, 0) is 69.4 Å². The van der Waals surface area contributed by atoms with Crippen molar-refractivity contribution in [3.8, 4) is 0 Å². The lowest BCUT2D eigenvalue weighted by Crippen LogP contribution is -2.57. The van der Waals surface area contributed by atoms with Crippen LogP contribution in [0.3, 0.4) is 0 Å². The number of anilines is 1. The summed E-state index contributed by atoms with van der Waals surface area (Å²) in [5.41, 5.74) is 3.17. The Morgan fingerprint density at radius 2 is 1.25 bits per heavy atom. The summed E-state index contributed by atoms with van der Waals surface area (Å²) in [6, 6.07) is 34.1. The van der Waals surface area contributed by atoms with Gasteiger partial charge in [-0.3, -0.25) is 14.5 Å². The fourth-order valence-corrected chi connectivity index (χ4v) is 6.85. The first-order chi connectivity index (χ1) is 27.1. The van der Waals surface area contributed by atoms with Gasteiger partial charge in [-0.25, -0.2) is 14.6 Å². The molecule has 4 aromatic carbocycles. The van der Waals surface area contributed by atoms with Gasteiger partial charge in [-0.15, -0.1) is 0 Å². The SMILES string of the molecule is COC(=O)[C@@H](NC(=O)[C@H](Cc1cn(C(c2ccccc2)(c2ccccc2)c2ccccc2)cn1)NC(=O)[C@H](C)N(C(=O)OC(C)(C)C)c1ccc(C)cc1)C(C)C. The van der Waals surface area contributed by atoms with Gasteiger partial charge < -0.3 is 24.7 Å². The lowest BCUT2D eigenvalue weighted by atomic mass is 9.77. The Balaban J connectivity index is 1.57. The molecular formula is C46H53N5O6. The van der Waals surface area contributed by atoms with Crippen molar-refractivity contribution in [2.45, 2.75) is 84.2 Å². The topological polar surface area (TPSA) is 132 Å². The molecule has 298 valence electrons. The van der Waals surface area contributed by atoms with Crippen LogP contribution in [0.1, 0.15) is 69.5 Å². The second-order valence-corrected chi connectivity index (χ2v) is 15.5. The van der Waals surface area contributed by atoms with Crippen LogP contribution < -0.4 is 15.5 Å². The van der Waals surface area contributed by atoms with E-state index in [0.717, 1.165) is 22.3 Å². The summed E-state index contributed by atoms with van der Waals surface area (Å²) in [6.07, 6.45) is 2.84. The number of rotatable bonds is 14. The van der Waals surface area contributed by atoms with Crippen LogP contribution in [0.4, 0.5) is 10.5 Å². The van der Waals surface area contributed by atoms with Crippen LogP contribution in [0, 0.1) is 12.8 Å². The van der Waals surface area contributed by atoms with E-state index in [1.165, 1.54) is 12.0 Å². The second kappa shape index (κ2) is 18.1. The van der Waals surface area contributed by atoms with Crippen LogP contribution in [-0.4, -0.2) is 64.3 Å². The Bertz CT molecular complexity index is 2010. The van der Waals surface area contributed by atoms with E-state index in [4.69, 9.17) is 14.5 Å². The van der Waals surface area contributed by atoms with Crippen molar-refractivity contribution in [1.29, 1.82) is 0 Å². The molecule has 0 spiro atoms. The zero-order valence-electron chi connectivity index (χ0n) is 33.9. The van der Waals surface area contributed by atoms with E-state index in [-0.39, 0.29) is 12.3 Å². The number of aromatic nitrogens is 2. The number of aryl methyl sites for hydroxylation is 1. The number of carbonyl (C=O) groups excluding carboxylic acids is 4. The third kappa shape index (κ3) is 9.78. The minimum atomic E-state index is -1.22. The molecule has 3 amide bonds. The van der Waals surface area contributed by atoms with Gasteiger partial charge in [0.15, 0.2) is 0 Å². The molecule has 11 heteroatoms. The van der Waals surface area contributed by atoms with Crippen LogP contribution in [0.15, 0.2) is 128 Å². The van der Waals surface area contributed by atoms with Crippen molar-refractivity contribution in [3.05, 3.63) is 156 Å². The van der Waals surface area contributed by atoms with Crippen LogP contribution in [-0.2, 0) is 35.8 Å². The molecule has 0 unspecified atom stereocenters. The highest BCUT2D eigenvalue weighted by Gasteiger charge is 2.39. The second-order valence-electron chi connectivity index (χ2n) is 15.5. The lowest BCUT2D eigenvalue weighted by Gasteiger charge is -2.37. The van der Waals surface area contributed by atoms with Gasteiger partial charge in [0, 0.05) is 18.3 Å². The van der Waals surface area contributed by atoms with Crippen molar-refractivity contribution in [1.82, 2.24) is 20.2 Å². The van der Waals surface area contributed by atoms with E-state index in [0.29, 0.717) is 11.4 Å². The number of ether oxygens (including phenoxy) is 2. The number of imidazole rings is 1. The predicted octanol–water partition coefficient (Wildman–Crippen LogP) is 7.20. The molecule has 11 nitrogen and oxygen atoms in total. The van der Waals surface area contributed by atoms with Gasteiger partial charge in [-0.1, -0.05) is 123 Å². The number of benzene rings is 4. The maximum absolute atomic E-state index is 14.3. The number of amides is 3. The molecule has 0 saturated heterocycles. The van der Waals surface area contributed by atoms with Crippen molar-refractivity contribution in [2.24, 2.45) is 5.92 Å². The van der Waals surface area contributed by atoms with Crippen LogP contribution in [0.5, 0.6) is 0 Å². The highest BCUT2D eigenvalue weighted by molar-refractivity contribution is 5.99. The third-order valence-electron chi connectivity index (χ3n) is 9.73. The Hall–Kier alpha value is -6.23. The normalized spacial score (nSPS) is 13.2. The van der Waals surface area contributed by atoms with E-state index in [1.807, 2.05) is 84.4 Å². The Kier molecular flexibility index (Phi) is 13.3. The minimum Gasteiger partial charge on any atom is -0.467 e. The maximum atomic E-state index is 14.3. The largest absolute Gasteiger partial charge is 0.467 e. The number of nitrogens with one attached hydrogen (secondary N) is 2. The van der Waals surface area contributed by atoms with E-state index in [2.05, 4.69) is 47.0 Å². The number of nitrogens with zero attached hydrogens (tertiary/aromatic N) is 3. The zero-order chi connectivity index (χ0) is 41.3. The molecule has 3 atom stereocenters. The number of hydrogen-bond acceptors (Lipinski definition) is 7. The first-order valence-corrected chi connectivity index (χ1v) is 19.1. The Morgan fingerprint density at radius 3 is 1.70 bits per heavy atom. The van der Waals surface area contributed by atoms with Gasteiger partial charge in [0.1, 0.15) is 29.3 Å². The van der Waals surface area contributed by atoms with Gasteiger partial charge in [0.05, 0.1) is 19.1 Å². The molecule has 5 aromatic rings. The number of methoxy groups -OCH3 is 1. The standard InChI is InChI=1S/C46H53N5O6/c1-31(2)40(43(54)56-8)49-42(53)39(48-41(52)33(4)51(44(55)57-45(5,6)7)38-26-24-32(3)25-27-38)28-37-29-50(30-47-37)46(34-18-12-9-13-19-34,35-20-14-10-15-21-35)36-22-16-11-17-23-36/h9-27,29-31,33,39-40H,28H2,1-8H3,(H,48,52)(H,49,53)/t33-,39-,40-/m0/s1. The molecule has 1 heterocycles. The summed E-state index contributed by atoms with van der Waals surface area (Å²) in [4.78, 5) is 61.0. The molecule has 0 fully saturated rings. The molecular weight excluding hydrogens is 719 g/mol. The maximum Gasteiger partial charge on any atom is 0.415 e. The fraction of sp³-hybridized carbons (Fsp3) is 0.326. The molecule has 0 aliphatic heterocycles. The number of carbonyl (C=O) groups is 4. The molecule has 0 radical (unpaired) electrons. The zero-order valence-corrected chi connectivity index (χ0v) is 33.9. The first-order valence-electron chi connectivity index (χ1n) is 19.1. The van der Waals surface area contributed by atoms with Gasteiger partial charge >= 0.3 is 12.1 Å². The molecule has 1 aromatic heterocycles. The molecule has 5 rings (SSSR count). The number of esters is 1. The van der Waals surface area contributed by atoms with E-state index >= 15 is 0 Å². The highest BCUT2D eigenvalue weighted by Crippen LogP contribution is 2.41. The smallest absolute Gasteiger partial charge is 0.415 e. The summed E-state index contributed by atoms with van der Waals surface area (Å²) in [7, 11) is 1.26. The summed E-state index contributed by atoms with van der Waals surface area (Å²) in [5, 5.41) is 5.69. The minimum absolute atomic E-state index is 0.0469. The molecule has 2 N–H and O–H groups in total. The lowest BCUT2D eigenvalue weighted by molar-refractivity contribution is -0.146. The number of hydrogen-bond donors (Lipinski definition) is 2.